The van der Waals surface area contributed by atoms with Gasteiger partial charge in [0.25, 0.3) is 0 Å². The van der Waals surface area contributed by atoms with Gasteiger partial charge in [-0.3, -0.25) is 0 Å². The van der Waals surface area contributed by atoms with Gasteiger partial charge in [-0.1, -0.05) is 0 Å². The van der Waals surface area contributed by atoms with Gasteiger partial charge in [0, 0.05) is 0 Å². The molecular weight excluding hydrogens is 303 g/mol. The molecule has 0 aromatic rings. The second-order valence-electron chi connectivity index (χ2n) is 2.74. The molecule has 0 aromatic heterocycles. The molecule has 0 aliphatic heterocycles. The molecule has 74 valence electrons. The molecule has 1 rings (SSSR count). The van der Waals surface area contributed by atoms with Crippen LogP contribution in [0.4, 0.5) is 0 Å². The van der Waals surface area contributed by atoms with Crippen molar-refractivity contribution in [1.82, 2.24) is 0 Å². The summed E-state index contributed by atoms with van der Waals surface area (Å²) in [6, 6.07) is 0. The van der Waals surface area contributed by atoms with E-state index in [1.54, 1.807) is 0 Å². The van der Waals surface area contributed by atoms with Gasteiger partial charge in [-0.2, -0.15) is 0 Å². The molecule has 0 saturated heterocycles. The van der Waals surface area contributed by atoms with E-state index >= 15 is 0 Å². The molecule has 5 heteroatoms. The fourth-order valence-corrected chi connectivity index (χ4v) is 5.62. The summed E-state index contributed by atoms with van der Waals surface area (Å²) in [7, 11) is 0. The summed E-state index contributed by atoms with van der Waals surface area (Å²) in [5, 5.41) is 1.78. The summed E-state index contributed by atoms with van der Waals surface area (Å²) in [5.74, 6) is 1.12. The van der Waals surface area contributed by atoms with Crippen molar-refractivity contribution in [1.29, 1.82) is 0 Å². The van der Waals surface area contributed by atoms with Crippen LogP contribution in [0.1, 0.15) is 12.8 Å². The SMILES string of the molecule is NCCSC1CCC1SC[I-]N. The van der Waals surface area contributed by atoms with Crippen LogP contribution < -0.4 is 31.2 Å². The van der Waals surface area contributed by atoms with Crippen LogP contribution in [0.15, 0.2) is 0 Å². The van der Waals surface area contributed by atoms with Gasteiger partial charge in [0.05, 0.1) is 0 Å². The summed E-state index contributed by atoms with van der Waals surface area (Å²) in [6.07, 6.45) is 2.79. The van der Waals surface area contributed by atoms with E-state index in [0.29, 0.717) is 0 Å². The molecule has 0 radical (unpaired) electrons. The zero-order chi connectivity index (χ0) is 8.81. The molecule has 0 amide bonds. The first-order valence-electron chi connectivity index (χ1n) is 4.09. The molecule has 0 spiro atoms. The van der Waals surface area contributed by atoms with Gasteiger partial charge in [0.1, 0.15) is 0 Å². The first-order chi connectivity index (χ1) is 5.88. The fraction of sp³-hybridized carbons (Fsp3) is 1.00. The number of hydrogen-bond donors (Lipinski definition) is 2. The van der Waals surface area contributed by atoms with Gasteiger partial charge in [0.15, 0.2) is 0 Å². The van der Waals surface area contributed by atoms with Crippen LogP contribution >= 0.6 is 23.5 Å². The molecule has 12 heavy (non-hydrogen) atoms. The summed E-state index contributed by atoms with van der Waals surface area (Å²) < 4.78 is 6.79. The number of hydrogen-bond acceptors (Lipinski definition) is 4. The van der Waals surface area contributed by atoms with Gasteiger partial charge in [-0.05, 0) is 0 Å². The summed E-state index contributed by atoms with van der Waals surface area (Å²) in [5.41, 5.74) is 5.46. The number of alkyl halides is 1. The molecule has 0 heterocycles. The Kier molecular flexibility index (Phi) is 6.43. The Bertz CT molecular complexity index is 112. The Labute approximate surface area is 93.6 Å². The molecule has 0 aromatic carbocycles. The van der Waals surface area contributed by atoms with Crippen LogP contribution in [0.5, 0.6) is 0 Å². The van der Waals surface area contributed by atoms with Crippen LogP contribution in [0.25, 0.3) is 0 Å². The second kappa shape index (κ2) is 6.75. The molecule has 1 aliphatic rings. The Hall–Kier alpha value is 1.35. The van der Waals surface area contributed by atoms with Crippen molar-refractivity contribution < 1.29 is 21.5 Å². The molecule has 1 fully saturated rings. The third kappa shape index (κ3) is 3.61. The van der Waals surface area contributed by atoms with Crippen LogP contribution in [-0.4, -0.2) is 26.6 Å². The predicted octanol–water partition coefficient (Wildman–Crippen LogP) is -2.14. The first kappa shape index (κ1) is 11.4. The van der Waals surface area contributed by atoms with Crippen LogP contribution in [0.2, 0.25) is 0 Å². The van der Waals surface area contributed by atoms with E-state index in [2.05, 4.69) is 11.8 Å². The van der Waals surface area contributed by atoms with E-state index in [1.807, 2.05) is 11.8 Å². The Morgan fingerprint density at radius 3 is 2.42 bits per heavy atom. The van der Waals surface area contributed by atoms with Crippen molar-refractivity contribution in [2.24, 2.45) is 9.68 Å². The zero-order valence-corrected chi connectivity index (χ0v) is 10.8. The van der Waals surface area contributed by atoms with Gasteiger partial charge in [-0.25, -0.2) is 0 Å². The van der Waals surface area contributed by atoms with E-state index in [4.69, 9.17) is 9.68 Å². The van der Waals surface area contributed by atoms with Crippen molar-refractivity contribution in [3.63, 3.8) is 0 Å². The molecule has 2 unspecified atom stereocenters. The van der Waals surface area contributed by atoms with Crippen molar-refractivity contribution in [2.45, 2.75) is 23.3 Å². The standard InChI is InChI=1S/C7H16IN2S2/c9-3-4-11-6-1-2-7(6)12-5-8-10/h6-7H,1-5,9-10H2/q-1. The van der Waals surface area contributed by atoms with E-state index in [1.165, 1.54) is 16.6 Å². The van der Waals surface area contributed by atoms with Gasteiger partial charge < -0.3 is 0 Å². The fourth-order valence-electron chi connectivity index (χ4n) is 1.16. The first-order valence-corrected chi connectivity index (χ1v) is 8.96. The van der Waals surface area contributed by atoms with Crippen molar-refractivity contribution in [3.05, 3.63) is 0 Å². The van der Waals surface area contributed by atoms with Crippen molar-refractivity contribution >= 4 is 23.5 Å². The van der Waals surface area contributed by atoms with Crippen LogP contribution in [0, 0.1) is 0 Å². The minimum atomic E-state index is -0.00240. The van der Waals surface area contributed by atoms with Gasteiger partial charge >= 0.3 is 94.1 Å². The van der Waals surface area contributed by atoms with Crippen LogP contribution in [0.3, 0.4) is 0 Å². The normalized spacial score (nSPS) is 28.8. The molecule has 2 nitrogen and oxygen atoms in total. The number of halogens is 1. The average molecular weight is 319 g/mol. The molecule has 4 N–H and O–H groups in total. The molecule has 0 bridgehead atoms. The number of thioether (sulfide) groups is 2. The Balaban J connectivity index is 2.03. The van der Waals surface area contributed by atoms with Crippen molar-refractivity contribution in [3.8, 4) is 0 Å². The number of nitrogens with two attached hydrogens (primary N) is 2. The zero-order valence-electron chi connectivity index (χ0n) is 7.04. The Morgan fingerprint density at radius 2 is 1.92 bits per heavy atom. The molecular formula is C7H16IN2S2-. The topological polar surface area (TPSA) is 52.0 Å². The summed E-state index contributed by atoms with van der Waals surface area (Å²) >= 11 is 4.13. The van der Waals surface area contributed by atoms with Crippen molar-refractivity contribution in [2.75, 3.05) is 16.1 Å². The Morgan fingerprint density at radius 1 is 1.25 bits per heavy atom. The van der Waals surface area contributed by atoms with E-state index < -0.39 is 0 Å². The van der Waals surface area contributed by atoms with Gasteiger partial charge in [0.2, 0.25) is 0 Å². The third-order valence-corrected chi connectivity index (χ3v) is 6.98. The molecule has 1 aliphatic carbocycles. The monoisotopic (exact) mass is 319 g/mol. The minimum absolute atomic E-state index is 0.00240. The predicted molar refractivity (Wildman–Crippen MR) is 55.0 cm³/mol. The summed E-state index contributed by atoms with van der Waals surface area (Å²) in [4.78, 5) is 0. The van der Waals surface area contributed by atoms with E-state index in [0.717, 1.165) is 22.8 Å². The molecule has 2 atom stereocenters. The summed E-state index contributed by atoms with van der Waals surface area (Å²) in [6.45, 7) is 0.822. The maximum atomic E-state index is 5.56. The van der Waals surface area contributed by atoms with E-state index in [9.17, 15) is 0 Å². The molecule has 1 saturated carbocycles. The third-order valence-electron chi connectivity index (χ3n) is 1.94. The van der Waals surface area contributed by atoms with Gasteiger partial charge in [-0.15, -0.1) is 0 Å². The quantitative estimate of drug-likeness (QED) is 0.333. The van der Waals surface area contributed by atoms with E-state index in [-0.39, 0.29) is 21.5 Å². The maximum absolute atomic E-state index is 5.56. The average Bonchev–Trinajstić information content (AvgIpc) is 2.04. The second-order valence-corrected chi connectivity index (χ2v) is 8.00. The van der Waals surface area contributed by atoms with Crippen LogP contribution in [-0.2, 0) is 0 Å². The number of rotatable bonds is 6.